The Hall–Kier alpha value is -2.41. The second-order valence-corrected chi connectivity index (χ2v) is 4.48. The standard InChI is InChI=1S/C13H16N4O3/c1-9-15-13(17(19)20)12(16(9)2)14-7-10-3-5-11(8-18)6-4-10/h3-6,14,18H,7-8H2,1-2H3. The van der Waals surface area contributed by atoms with Crippen molar-refractivity contribution in [2.45, 2.75) is 20.1 Å². The molecular weight excluding hydrogens is 260 g/mol. The summed E-state index contributed by atoms with van der Waals surface area (Å²) in [6.45, 7) is 2.17. The fraction of sp³-hybridized carbons (Fsp3) is 0.308. The van der Waals surface area contributed by atoms with Crippen molar-refractivity contribution in [3.05, 3.63) is 51.3 Å². The van der Waals surface area contributed by atoms with Crippen LogP contribution in [0.15, 0.2) is 24.3 Å². The molecule has 0 saturated carbocycles. The van der Waals surface area contributed by atoms with Gasteiger partial charge in [0.1, 0.15) is 0 Å². The summed E-state index contributed by atoms with van der Waals surface area (Å²) in [7, 11) is 1.73. The highest BCUT2D eigenvalue weighted by Crippen LogP contribution is 2.24. The van der Waals surface area contributed by atoms with Gasteiger partial charge in [-0.25, -0.2) is 0 Å². The molecule has 0 atom stereocenters. The molecule has 1 aromatic carbocycles. The Morgan fingerprint density at radius 2 is 1.95 bits per heavy atom. The highest BCUT2D eigenvalue weighted by Gasteiger charge is 2.23. The largest absolute Gasteiger partial charge is 0.406 e. The lowest BCUT2D eigenvalue weighted by Gasteiger charge is -2.07. The maximum absolute atomic E-state index is 10.9. The summed E-state index contributed by atoms with van der Waals surface area (Å²) in [5.74, 6) is 0.797. The lowest BCUT2D eigenvalue weighted by atomic mass is 10.1. The number of aryl methyl sites for hydroxylation is 1. The first-order chi connectivity index (χ1) is 9.52. The number of aliphatic hydroxyl groups is 1. The summed E-state index contributed by atoms with van der Waals surface area (Å²) in [6, 6.07) is 7.38. The van der Waals surface area contributed by atoms with E-state index in [2.05, 4.69) is 10.3 Å². The van der Waals surface area contributed by atoms with E-state index < -0.39 is 4.92 Å². The van der Waals surface area contributed by atoms with Crippen LogP contribution < -0.4 is 5.32 Å². The third-order valence-electron chi connectivity index (χ3n) is 3.14. The molecule has 7 nitrogen and oxygen atoms in total. The first-order valence-corrected chi connectivity index (χ1v) is 6.13. The molecule has 1 aromatic heterocycles. The molecule has 0 amide bonds. The van der Waals surface area contributed by atoms with Crippen molar-refractivity contribution in [2.75, 3.05) is 5.32 Å². The van der Waals surface area contributed by atoms with E-state index in [9.17, 15) is 10.1 Å². The van der Waals surface area contributed by atoms with Crippen molar-refractivity contribution >= 4 is 11.6 Å². The molecule has 20 heavy (non-hydrogen) atoms. The van der Waals surface area contributed by atoms with Crippen molar-refractivity contribution in [3.8, 4) is 0 Å². The molecule has 1 heterocycles. The van der Waals surface area contributed by atoms with E-state index in [0.717, 1.165) is 11.1 Å². The third kappa shape index (κ3) is 2.77. The summed E-state index contributed by atoms with van der Waals surface area (Å²) in [4.78, 5) is 14.4. The average Bonchev–Trinajstić information content (AvgIpc) is 2.73. The van der Waals surface area contributed by atoms with Crippen LogP contribution in [0.4, 0.5) is 11.6 Å². The van der Waals surface area contributed by atoms with Crippen molar-refractivity contribution < 1.29 is 10.0 Å². The van der Waals surface area contributed by atoms with Gasteiger partial charge in [0.15, 0.2) is 0 Å². The zero-order chi connectivity index (χ0) is 14.7. The van der Waals surface area contributed by atoms with E-state index in [1.165, 1.54) is 0 Å². The number of nitrogens with zero attached hydrogens (tertiary/aromatic N) is 3. The third-order valence-corrected chi connectivity index (χ3v) is 3.14. The van der Waals surface area contributed by atoms with Gasteiger partial charge in [-0.2, -0.15) is 0 Å². The molecule has 0 aliphatic heterocycles. The first-order valence-electron chi connectivity index (χ1n) is 6.13. The predicted octanol–water partition coefficient (Wildman–Crippen LogP) is 1.74. The molecule has 0 radical (unpaired) electrons. The highest BCUT2D eigenvalue weighted by molar-refractivity contribution is 5.53. The van der Waals surface area contributed by atoms with Gasteiger partial charge in [0.2, 0.25) is 11.6 Å². The Balaban J connectivity index is 2.15. The number of aliphatic hydroxyl groups excluding tert-OH is 1. The fourth-order valence-corrected chi connectivity index (χ4v) is 1.87. The number of anilines is 1. The second kappa shape index (κ2) is 5.70. The molecule has 0 fully saturated rings. The van der Waals surface area contributed by atoms with Gasteiger partial charge in [-0.1, -0.05) is 24.3 Å². The van der Waals surface area contributed by atoms with Gasteiger partial charge in [0.25, 0.3) is 0 Å². The van der Waals surface area contributed by atoms with E-state index in [-0.39, 0.29) is 12.4 Å². The molecule has 2 aromatic rings. The maximum Gasteiger partial charge on any atom is 0.406 e. The minimum atomic E-state index is -0.496. The molecule has 7 heteroatoms. The summed E-state index contributed by atoms with van der Waals surface area (Å²) >= 11 is 0. The van der Waals surface area contributed by atoms with Crippen LogP contribution in [-0.2, 0) is 20.2 Å². The molecule has 2 rings (SSSR count). The van der Waals surface area contributed by atoms with Crippen LogP contribution in [0.5, 0.6) is 0 Å². The molecule has 106 valence electrons. The molecule has 0 aliphatic carbocycles. The van der Waals surface area contributed by atoms with Crippen LogP contribution in [0.2, 0.25) is 0 Å². The van der Waals surface area contributed by atoms with E-state index >= 15 is 0 Å². The van der Waals surface area contributed by atoms with Crippen LogP contribution in [0.3, 0.4) is 0 Å². The Morgan fingerprint density at radius 1 is 1.35 bits per heavy atom. The Morgan fingerprint density at radius 3 is 2.50 bits per heavy atom. The molecule has 0 saturated heterocycles. The van der Waals surface area contributed by atoms with Gasteiger partial charge in [-0.15, -0.1) is 0 Å². The highest BCUT2D eigenvalue weighted by atomic mass is 16.6. The number of hydrogen-bond acceptors (Lipinski definition) is 5. The first kappa shape index (κ1) is 14.0. The number of aromatic nitrogens is 2. The van der Waals surface area contributed by atoms with Crippen LogP contribution in [0.1, 0.15) is 17.0 Å². The van der Waals surface area contributed by atoms with Crippen LogP contribution >= 0.6 is 0 Å². The summed E-state index contributed by atoms with van der Waals surface area (Å²) in [5, 5.41) is 22.9. The number of benzene rings is 1. The molecule has 2 N–H and O–H groups in total. The molecular formula is C13H16N4O3. The average molecular weight is 276 g/mol. The smallest absolute Gasteiger partial charge is 0.392 e. The van der Waals surface area contributed by atoms with Crippen molar-refractivity contribution in [2.24, 2.45) is 7.05 Å². The zero-order valence-corrected chi connectivity index (χ0v) is 11.3. The number of nitrogens with one attached hydrogen (secondary N) is 1. The quantitative estimate of drug-likeness (QED) is 0.641. The molecule has 0 bridgehead atoms. The minimum absolute atomic E-state index is 0.000105. The van der Waals surface area contributed by atoms with Gasteiger partial charge >= 0.3 is 5.82 Å². The van der Waals surface area contributed by atoms with E-state index in [1.807, 2.05) is 24.3 Å². The zero-order valence-electron chi connectivity index (χ0n) is 11.3. The normalized spacial score (nSPS) is 10.6. The van der Waals surface area contributed by atoms with Gasteiger partial charge in [-0.3, -0.25) is 4.57 Å². The lowest BCUT2D eigenvalue weighted by molar-refractivity contribution is -0.388. The SMILES string of the molecule is Cc1nc([N+](=O)[O-])c(NCc2ccc(CO)cc2)n1C. The summed E-state index contributed by atoms with van der Waals surface area (Å²) in [5.41, 5.74) is 1.80. The lowest BCUT2D eigenvalue weighted by Crippen LogP contribution is -2.06. The van der Waals surface area contributed by atoms with Crippen molar-refractivity contribution in [1.29, 1.82) is 0 Å². The van der Waals surface area contributed by atoms with Crippen LogP contribution in [0.25, 0.3) is 0 Å². The van der Waals surface area contributed by atoms with E-state index in [0.29, 0.717) is 18.2 Å². The Kier molecular flexibility index (Phi) is 3.99. The predicted molar refractivity (Wildman–Crippen MR) is 74.3 cm³/mol. The number of hydrogen-bond donors (Lipinski definition) is 2. The van der Waals surface area contributed by atoms with Gasteiger partial charge in [0, 0.05) is 20.5 Å². The number of rotatable bonds is 5. The second-order valence-electron chi connectivity index (χ2n) is 4.48. The van der Waals surface area contributed by atoms with Crippen molar-refractivity contribution in [3.63, 3.8) is 0 Å². The van der Waals surface area contributed by atoms with Crippen molar-refractivity contribution in [1.82, 2.24) is 9.55 Å². The maximum atomic E-state index is 10.9. The topological polar surface area (TPSA) is 93.2 Å². The van der Waals surface area contributed by atoms with E-state index in [4.69, 9.17) is 5.11 Å². The van der Waals surface area contributed by atoms with Gasteiger partial charge in [0.05, 0.1) is 6.61 Å². The summed E-state index contributed by atoms with van der Waals surface area (Å²) in [6.07, 6.45) is 0. The number of nitro groups is 1. The van der Waals surface area contributed by atoms with Gasteiger partial charge < -0.3 is 20.5 Å². The molecule has 0 unspecified atom stereocenters. The number of imidazole rings is 1. The van der Waals surface area contributed by atoms with Gasteiger partial charge in [-0.05, 0) is 21.0 Å². The Bertz CT molecular complexity index is 619. The summed E-state index contributed by atoms with van der Waals surface area (Å²) < 4.78 is 1.65. The van der Waals surface area contributed by atoms with Crippen LogP contribution in [-0.4, -0.2) is 19.6 Å². The van der Waals surface area contributed by atoms with Crippen LogP contribution in [0, 0.1) is 17.0 Å². The van der Waals surface area contributed by atoms with E-state index in [1.54, 1.807) is 18.5 Å². The monoisotopic (exact) mass is 276 g/mol. The Labute approximate surface area is 116 Å². The fourth-order valence-electron chi connectivity index (χ4n) is 1.87. The molecule has 0 spiro atoms. The minimum Gasteiger partial charge on any atom is -0.392 e. The molecule has 0 aliphatic rings.